The van der Waals surface area contributed by atoms with Gasteiger partial charge in [0.05, 0.1) is 11.3 Å². The Morgan fingerprint density at radius 2 is 2.14 bits per heavy atom. The maximum atomic E-state index is 13.1. The molecule has 28 heavy (non-hydrogen) atoms. The minimum Gasteiger partial charge on any atom is -0.488 e. The van der Waals surface area contributed by atoms with Crippen molar-refractivity contribution in [2.75, 3.05) is 25.5 Å². The van der Waals surface area contributed by atoms with Crippen LogP contribution in [-0.4, -0.2) is 51.8 Å². The molecule has 1 fully saturated rings. The fraction of sp³-hybridized carbons (Fsp3) is 0.412. The van der Waals surface area contributed by atoms with Gasteiger partial charge in [-0.25, -0.2) is 0 Å². The Bertz CT molecular complexity index is 866. The Hall–Kier alpha value is -3.13. The first-order chi connectivity index (χ1) is 13.4. The summed E-state index contributed by atoms with van der Waals surface area (Å²) in [5.74, 6) is 0.309. The SMILES string of the molecule is CN1CCC(Oc2ccc(C(F)(F)F)cc2NC=C(C#N)c2nn[nH]n2)CC1. The van der Waals surface area contributed by atoms with Gasteiger partial charge in [0.25, 0.3) is 0 Å². The first kappa shape index (κ1) is 19.6. The van der Waals surface area contributed by atoms with E-state index >= 15 is 0 Å². The molecule has 0 amide bonds. The fourth-order valence-electron chi connectivity index (χ4n) is 2.78. The van der Waals surface area contributed by atoms with Crippen molar-refractivity contribution in [3.8, 4) is 11.8 Å². The van der Waals surface area contributed by atoms with Crippen molar-refractivity contribution >= 4 is 11.3 Å². The van der Waals surface area contributed by atoms with Gasteiger partial charge >= 0.3 is 6.18 Å². The van der Waals surface area contributed by atoms with Gasteiger partial charge in [-0.3, -0.25) is 0 Å². The van der Waals surface area contributed by atoms with Crippen molar-refractivity contribution in [3.05, 3.63) is 35.8 Å². The zero-order valence-electron chi connectivity index (χ0n) is 15.0. The van der Waals surface area contributed by atoms with E-state index in [2.05, 4.69) is 30.8 Å². The molecule has 0 bridgehead atoms. The number of rotatable bonds is 5. The van der Waals surface area contributed by atoms with Gasteiger partial charge in [-0.2, -0.15) is 23.6 Å². The van der Waals surface area contributed by atoms with Crippen LogP contribution < -0.4 is 10.1 Å². The third kappa shape index (κ3) is 4.77. The summed E-state index contributed by atoms with van der Waals surface area (Å²) < 4.78 is 45.3. The average Bonchev–Trinajstić information content (AvgIpc) is 3.19. The second kappa shape index (κ2) is 8.26. The molecule has 0 radical (unpaired) electrons. The molecule has 2 N–H and O–H groups in total. The van der Waals surface area contributed by atoms with Crippen LogP contribution >= 0.6 is 0 Å². The lowest BCUT2D eigenvalue weighted by atomic mass is 10.1. The maximum absolute atomic E-state index is 13.1. The monoisotopic (exact) mass is 393 g/mol. The Kier molecular flexibility index (Phi) is 5.79. The third-order valence-electron chi connectivity index (χ3n) is 4.34. The topological polar surface area (TPSA) is 103 Å². The first-order valence-electron chi connectivity index (χ1n) is 8.54. The number of allylic oxidation sites excluding steroid dienone is 1. The molecular weight excluding hydrogens is 375 g/mol. The molecule has 148 valence electrons. The van der Waals surface area contributed by atoms with E-state index < -0.39 is 11.7 Å². The number of likely N-dealkylation sites (tertiary alicyclic amines) is 1. The number of aromatic nitrogens is 4. The zero-order valence-corrected chi connectivity index (χ0v) is 15.0. The van der Waals surface area contributed by atoms with Crippen LogP contribution in [0, 0.1) is 11.3 Å². The van der Waals surface area contributed by atoms with E-state index in [-0.39, 0.29) is 28.9 Å². The van der Waals surface area contributed by atoms with E-state index in [4.69, 9.17) is 4.74 Å². The van der Waals surface area contributed by atoms with Gasteiger partial charge in [0.2, 0.25) is 5.82 Å². The van der Waals surface area contributed by atoms with Crippen molar-refractivity contribution in [1.82, 2.24) is 25.5 Å². The number of H-pyrrole nitrogens is 1. The van der Waals surface area contributed by atoms with Crippen LogP contribution in [0.25, 0.3) is 5.57 Å². The van der Waals surface area contributed by atoms with Crippen LogP contribution in [0.15, 0.2) is 24.4 Å². The normalized spacial score (nSPS) is 16.6. The highest BCUT2D eigenvalue weighted by Crippen LogP contribution is 2.36. The molecular formula is C17H18F3N7O. The number of ether oxygens (including phenoxy) is 1. The van der Waals surface area contributed by atoms with E-state index in [1.807, 2.05) is 13.1 Å². The second-order valence-electron chi connectivity index (χ2n) is 6.38. The molecule has 2 heterocycles. The highest BCUT2D eigenvalue weighted by molar-refractivity contribution is 5.75. The van der Waals surface area contributed by atoms with Crippen LogP contribution in [0.1, 0.15) is 24.2 Å². The minimum absolute atomic E-state index is 0.0106. The molecule has 8 nitrogen and oxygen atoms in total. The summed E-state index contributed by atoms with van der Waals surface area (Å²) in [6, 6.07) is 5.09. The number of nitrogens with zero attached hydrogens (tertiary/aromatic N) is 5. The van der Waals surface area contributed by atoms with Crippen molar-refractivity contribution in [3.63, 3.8) is 0 Å². The second-order valence-corrected chi connectivity index (χ2v) is 6.38. The molecule has 1 aliphatic heterocycles. The van der Waals surface area contributed by atoms with Gasteiger partial charge in [0.1, 0.15) is 23.5 Å². The molecule has 11 heteroatoms. The van der Waals surface area contributed by atoms with Gasteiger partial charge in [-0.1, -0.05) is 0 Å². The lowest BCUT2D eigenvalue weighted by Gasteiger charge is -2.30. The number of benzene rings is 1. The largest absolute Gasteiger partial charge is 0.488 e. The molecule has 1 saturated heterocycles. The van der Waals surface area contributed by atoms with Crippen molar-refractivity contribution in [2.24, 2.45) is 0 Å². The van der Waals surface area contributed by atoms with Gasteiger partial charge in [-0.15, -0.1) is 10.2 Å². The van der Waals surface area contributed by atoms with E-state index in [0.29, 0.717) is 0 Å². The highest BCUT2D eigenvalue weighted by Gasteiger charge is 2.31. The number of halogens is 3. The van der Waals surface area contributed by atoms with E-state index in [1.165, 1.54) is 12.3 Å². The van der Waals surface area contributed by atoms with Crippen molar-refractivity contribution in [1.29, 1.82) is 5.26 Å². The fourth-order valence-corrected chi connectivity index (χ4v) is 2.78. The lowest BCUT2D eigenvalue weighted by Crippen LogP contribution is -2.35. The average molecular weight is 393 g/mol. The molecule has 1 aromatic heterocycles. The number of hydrogen-bond acceptors (Lipinski definition) is 7. The number of nitrogens with one attached hydrogen (secondary N) is 2. The standard InChI is InChI=1S/C17H18F3N7O/c1-27-6-4-13(5-7-27)28-15-3-2-12(17(18,19)20)8-14(15)22-10-11(9-21)16-23-25-26-24-16/h2-3,8,10,13,22H,4-7H2,1H3,(H,23,24,25,26). The van der Waals surface area contributed by atoms with E-state index in [9.17, 15) is 18.4 Å². The van der Waals surface area contributed by atoms with Crippen LogP contribution in [0.3, 0.4) is 0 Å². The molecule has 0 saturated carbocycles. The Morgan fingerprint density at radius 1 is 1.39 bits per heavy atom. The van der Waals surface area contributed by atoms with Crippen LogP contribution in [-0.2, 0) is 6.18 Å². The number of alkyl halides is 3. The molecule has 2 aromatic rings. The lowest BCUT2D eigenvalue weighted by molar-refractivity contribution is -0.137. The van der Waals surface area contributed by atoms with Crippen LogP contribution in [0.4, 0.5) is 18.9 Å². The van der Waals surface area contributed by atoms with Gasteiger partial charge in [0, 0.05) is 19.3 Å². The smallest absolute Gasteiger partial charge is 0.416 e. The summed E-state index contributed by atoms with van der Waals surface area (Å²) >= 11 is 0. The highest BCUT2D eigenvalue weighted by atomic mass is 19.4. The number of aromatic amines is 1. The number of hydrogen-bond donors (Lipinski definition) is 2. The summed E-state index contributed by atoms with van der Waals surface area (Å²) in [5.41, 5.74) is -0.710. The van der Waals surface area contributed by atoms with Crippen molar-refractivity contribution < 1.29 is 17.9 Å². The number of piperidine rings is 1. The summed E-state index contributed by atoms with van der Waals surface area (Å²) in [6.07, 6.45) is -1.82. The predicted molar refractivity (Wildman–Crippen MR) is 94.0 cm³/mol. The molecule has 0 aliphatic carbocycles. The summed E-state index contributed by atoms with van der Waals surface area (Å²) in [5, 5.41) is 24.9. The molecule has 0 spiro atoms. The number of tetrazole rings is 1. The van der Waals surface area contributed by atoms with E-state index in [0.717, 1.165) is 38.1 Å². The Morgan fingerprint density at radius 3 is 2.75 bits per heavy atom. The summed E-state index contributed by atoms with van der Waals surface area (Å²) in [4.78, 5) is 2.17. The summed E-state index contributed by atoms with van der Waals surface area (Å²) in [6.45, 7) is 1.70. The van der Waals surface area contributed by atoms with Gasteiger partial charge in [0.15, 0.2) is 0 Å². The first-order valence-corrected chi connectivity index (χ1v) is 8.54. The zero-order chi connectivity index (χ0) is 20.1. The van der Waals surface area contributed by atoms with Crippen molar-refractivity contribution in [2.45, 2.75) is 25.1 Å². The maximum Gasteiger partial charge on any atom is 0.416 e. The minimum atomic E-state index is -4.50. The molecule has 1 aliphatic rings. The predicted octanol–water partition coefficient (Wildman–Crippen LogP) is 2.67. The summed E-state index contributed by atoms with van der Waals surface area (Å²) in [7, 11) is 2.01. The Balaban J connectivity index is 1.86. The Labute approximate surface area is 159 Å². The molecule has 1 aromatic carbocycles. The van der Waals surface area contributed by atoms with Crippen LogP contribution in [0.2, 0.25) is 0 Å². The molecule has 3 rings (SSSR count). The van der Waals surface area contributed by atoms with Gasteiger partial charge < -0.3 is 15.0 Å². The molecule has 0 unspecified atom stereocenters. The third-order valence-corrected chi connectivity index (χ3v) is 4.34. The quantitative estimate of drug-likeness (QED) is 0.753. The molecule has 0 atom stereocenters. The number of nitriles is 1. The number of anilines is 1. The van der Waals surface area contributed by atoms with E-state index in [1.54, 1.807) is 0 Å². The van der Waals surface area contributed by atoms with Crippen LogP contribution in [0.5, 0.6) is 5.75 Å². The van der Waals surface area contributed by atoms with Gasteiger partial charge in [-0.05, 0) is 43.3 Å².